The minimum atomic E-state index is 0.245. The molecular weight excluding hydrogens is 170 g/mol. The van der Waals surface area contributed by atoms with Gasteiger partial charge in [-0.25, -0.2) is 0 Å². The quantitative estimate of drug-likeness (QED) is 0.658. The Balaban J connectivity index is 3.15. The summed E-state index contributed by atoms with van der Waals surface area (Å²) in [5, 5.41) is 0. The van der Waals surface area contributed by atoms with E-state index in [-0.39, 0.29) is 5.41 Å². The van der Waals surface area contributed by atoms with Crippen LogP contribution in [0.25, 0.3) is 0 Å². The maximum absolute atomic E-state index is 2.25. The van der Waals surface area contributed by atoms with Crippen LogP contribution in [0.1, 0.15) is 31.9 Å². The molecule has 0 amide bonds. The average Bonchev–Trinajstić information content (AvgIpc) is 2.01. The Morgan fingerprint density at radius 3 is 2.00 bits per heavy atom. The molecule has 1 aromatic carbocycles. The Labute approximate surface area is 87.7 Å². The Bertz CT molecular complexity index is 318. The van der Waals surface area contributed by atoms with E-state index in [2.05, 4.69) is 64.9 Å². The minimum absolute atomic E-state index is 0.245. The van der Waals surface area contributed by atoms with E-state index in [9.17, 15) is 0 Å². The molecule has 78 valence electrons. The summed E-state index contributed by atoms with van der Waals surface area (Å²) in [5.41, 5.74) is 4.33. The lowest BCUT2D eigenvalue weighted by atomic mass is 9.84. The highest BCUT2D eigenvalue weighted by molar-refractivity contribution is 5.50. The number of hydrogen-bond acceptors (Lipinski definition) is 1. The number of nitrogens with zero attached hydrogens (tertiary/aromatic N) is 1. The van der Waals surface area contributed by atoms with Gasteiger partial charge in [0.25, 0.3) is 0 Å². The molecule has 0 bridgehead atoms. The van der Waals surface area contributed by atoms with Crippen LogP contribution in [0.15, 0.2) is 18.2 Å². The molecule has 0 N–H and O–H groups in total. The van der Waals surface area contributed by atoms with Crippen molar-refractivity contribution < 1.29 is 0 Å². The molecule has 14 heavy (non-hydrogen) atoms. The summed E-state index contributed by atoms with van der Waals surface area (Å²) in [5.74, 6) is 0. The molecular formula is C13H21N. The number of rotatable bonds is 1. The van der Waals surface area contributed by atoms with Gasteiger partial charge in [-0.1, -0.05) is 26.8 Å². The summed E-state index contributed by atoms with van der Waals surface area (Å²) in [4.78, 5) is 2.14. The smallest absolute Gasteiger partial charge is 0.0363 e. The van der Waals surface area contributed by atoms with E-state index in [1.165, 1.54) is 16.8 Å². The van der Waals surface area contributed by atoms with Gasteiger partial charge in [0.15, 0.2) is 0 Å². The molecule has 0 atom stereocenters. The second-order valence-electron chi connectivity index (χ2n) is 5.14. The third kappa shape index (κ3) is 2.28. The SMILES string of the molecule is Cc1cc(N(C)C)ccc1C(C)(C)C. The van der Waals surface area contributed by atoms with Crippen molar-refractivity contribution in [2.75, 3.05) is 19.0 Å². The third-order valence-electron chi connectivity index (χ3n) is 2.53. The van der Waals surface area contributed by atoms with E-state index in [0.29, 0.717) is 0 Å². The lowest BCUT2D eigenvalue weighted by Gasteiger charge is -2.23. The highest BCUT2D eigenvalue weighted by Crippen LogP contribution is 2.27. The fourth-order valence-electron chi connectivity index (χ4n) is 1.77. The van der Waals surface area contributed by atoms with Crippen molar-refractivity contribution in [2.45, 2.75) is 33.1 Å². The van der Waals surface area contributed by atoms with E-state index in [4.69, 9.17) is 0 Å². The molecule has 0 aromatic heterocycles. The average molecular weight is 191 g/mol. The standard InChI is InChI=1S/C13H21N/c1-10-9-11(14(5)6)7-8-12(10)13(2,3)4/h7-9H,1-6H3. The number of anilines is 1. The van der Waals surface area contributed by atoms with Crippen LogP contribution in [0.5, 0.6) is 0 Å². The van der Waals surface area contributed by atoms with Crippen LogP contribution in [0.3, 0.4) is 0 Å². The van der Waals surface area contributed by atoms with Gasteiger partial charge >= 0.3 is 0 Å². The molecule has 1 nitrogen and oxygen atoms in total. The lowest BCUT2D eigenvalue weighted by Crippen LogP contribution is -2.14. The van der Waals surface area contributed by atoms with Gasteiger partial charge in [0.2, 0.25) is 0 Å². The van der Waals surface area contributed by atoms with E-state index in [0.717, 1.165) is 0 Å². The Hall–Kier alpha value is -0.980. The molecule has 0 aliphatic rings. The number of benzene rings is 1. The summed E-state index contributed by atoms with van der Waals surface area (Å²) in [6.07, 6.45) is 0. The van der Waals surface area contributed by atoms with Gasteiger partial charge in [0.1, 0.15) is 0 Å². The summed E-state index contributed by atoms with van der Waals surface area (Å²) in [6.45, 7) is 8.95. The zero-order valence-electron chi connectivity index (χ0n) is 10.2. The number of hydrogen-bond donors (Lipinski definition) is 0. The van der Waals surface area contributed by atoms with Gasteiger partial charge in [-0.2, -0.15) is 0 Å². The summed E-state index contributed by atoms with van der Waals surface area (Å²) < 4.78 is 0. The van der Waals surface area contributed by atoms with Crippen molar-refractivity contribution >= 4 is 5.69 Å². The second kappa shape index (κ2) is 3.64. The Morgan fingerprint density at radius 2 is 1.64 bits per heavy atom. The normalized spacial score (nSPS) is 11.6. The predicted molar refractivity (Wildman–Crippen MR) is 64.2 cm³/mol. The Kier molecular flexibility index (Phi) is 2.89. The lowest BCUT2D eigenvalue weighted by molar-refractivity contribution is 0.586. The largest absolute Gasteiger partial charge is 0.378 e. The second-order valence-corrected chi connectivity index (χ2v) is 5.14. The maximum Gasteiger partial charge on any atom is 0.0363 e. The van der Waals surface area contributed by atoms with Gasteiger partial charge in [-0.05, 0) is 35.6 Å². The molecule has 1 rings (SSSR count). The van der Waals surface area contributed by atoms with Crippen LogP contribution in [0.4, 0.5) is 5.69 Å². The zero-order chi connectivity index (χ0) is 10.9. The van der Waals surface area contributed by atoms with Crippen molar-refractivity contribution in [3.63, 3.8) is 0 Å². The van der Waals surface area contributed by atoms with Gasteiger partial charge in [-0.15, -0.1) is 0 Å². The Morgan fingerprint density at radius 1 is 1.07 bits per heavy atom. The van der Waals surface area contributed by atoms with Crippen molar-refractivity contribution in [3.8, 4) is 0 Å². The van der Waals surface area contributed by atoms with Crippen LogP contribution >= 0.6 is 0 Å². The molecule has 0 fully saturated rings. The molecule has 0 saturated heterocycles. The fraction of sp³-hybridized carbons (Fsp3) is 0.538. The highest BCUT2D eigenvalue weighted by Gasteiger charge is 2.16. The van der Waals surface area contributed by atoms with Crippen LogP contribution < -0.4 is 4.90 Å². The molecule has 0 heterocycles. The highest BCUT2D eigenvalue weighted by atomic mass is 15.1. The minimum Gasteiger partial charge on any atom is -0.378 e. The maximum atomic E-state index is 2.25. The van der Waals surface area contributed by atoms with Crippen molar-refractivity contribution in [3.05, 3.63) is 29.3 Å². The molecule has 0 aliphatic carbocycles. The third-order valence-corrected chi connectivity index (χ3v) is 2.53. The van der Waals surface area contributed by atoms with Crippen LogP contribution in [0.2, 0.25) is 0 Å². The zero-order valence-corrected chi connectivity index (χ0v) is 10.2. The molecule has 1 heteroatoms. The van der Waals surface area contributed by atoms with Gasteiger partial charge < -0.3 is 4.90 Å². The summed E-state index contributed by atoms with van der Waals surface area (Å²) in [6, 6.07) is 6.68. The molecule has 0 radical (unpaired) electrons. The van der Waals surface area contributed by atoms with Crippen molar-refractivity contribution in [1.29, 1.82) is 0 Å². The molecule has 0 aliphatic heterocycles. The van der Waals surface area contributed by atoms with E-state index in [1.807, 2.05) is 0 Å². The van der Waals surface area contributed by atoms with Crippen LogP contribution in [-0.2, 0) is 5.41 Å². The van der Waals surface area contributed by atoms with Crippen molar-refractivity contribution in [2.24, 2.45) is 0 Å². The van der Waals surface area contributed by atoms with E-state index < -0.39 is 0 Å². The van der Waals surface area contributed by atoms with E-state index in [1.54, 1.807) is 0 Å². The van der Waals surface area contributed by atoms with Gasteiger partial charge in [-0.3, -0.25) is 0 Å². The molecule has 0 unspecified atom stereocenters. The van der Waals surface area contributed by atoms with E-state index >= 15 is 0 Å². The topological polar surface area (TPSA) is 3.24 Å². The van der Waals surface area contributed by atoms with Gasteiger partial charge in [0, 0.05) is 19.8 Å². The first kappa shape index (κ1) is 11.1. The summed E-state index contributed by atoms with van der Waals surface area (Å²) >= 11 is 0. The van der Waals surface area contributed by atoms with Crippen molar-refractivity contribution in [1.82, 2.24) is 0 Å². The fourth-order valence-corrected chi connectivity index (χ4v) is 1.77. The van der Waals surface area contributed by atoms with Gasteiger partial charge in [0.05, 0.1) is 0 Å². The molecule has 0 spiro atoms. The first-order valence-electron chi connectivity index (χ1n) is 5.11. The first-order chi connectivity index (χ1) is 6.32. The molecule has 0 saturated carbocycles. The predicted octanol–water partition coefficient (Wildman–Crippen LogP) is 3.36. The van der Waals surface area contributed by atoms with Crippen LogP contribution in [-0.4, -0.2) is 14.1 Å². The first-order valence-corrected chi connectivity index (χ1v) is 5.11. The summed E-state index contributed by atoms with van der Waals surface area (Å²) in [7, 11) is 4.15. The van der Waals surface area contributed by atoms with Crippen LogP contribution in [0, 0.1) is 6.92 Å². The molecule has 1 aromatic rings. The number of aryl methyl sites for hydroxylation is 1. The monoisotopic (exact) mass is 191 g/mol.